The van der Waals surface area contributed by atoms with Gasteiger partial charge in [0.15, 0.2) is 12.6 Å². The number of carboxylic acids is 1. The number of rotatable bonds is 20. The Morgan fingerprint density at radius 1 is 1.03 bits per heavy atom. The summed E-state index contributed by atoms with van der Waals surface area (Å²) in [4.78, 5) is 10.7. The van der Waals surface area contributed by atoms with E-state index in [1.807, 2.05) is 33.8 Å². The van der Waals surface area contributed by atoms with Crippen molar-refractivity contribution >= 4 is 5.97 Å². The highest BCUT2D eigenvalue weighted by Gasteiger charge is 2.42. The fourth-order valence-corrected chi connectivity index (χ4v) is 4.67. The van der Waals surface area contributed by atoms with Crippen LogP contribution in [0.1, 0.15) is 92.4 Å². The fourth-order valence-electron chi connectivity index (χ4n) is 4.67. The molecule has 0 spiro atoms. The Kier molecular flexibility index (Phi) is 17.2. The second kappa shape index (κ2) is 18.9. The number of carbonyl (C=O) groups is 1. The van der Waals surface area contributed by atoms with Gasteiger partial charge < -0.3 is 29.2 Å². The number of hydrogen-bond donors (Lipinski definition) is 2. The summed E-state index contributed by atoms with van der Waals surface area (Å²) in [5.41, 5.74) is 0. The number of allylic oxidation sites excluding steroid dienone is 2. The highest BCUT2D eigenvalue weighted by molar-refractivity contribution is 5.66. The zero-order valence-corrected chi connectivity index (χ0v) is 22.6. The SMILES string of the molecule is CCCCC[C@@H](/C=C/[C@@H]1[C@@H](C/C=C\CCCC(=O)O)[C@@H](O)C[C@H]1O[C@H](C)OCC)O[C@H](C)OCC. The quantitative estimate of drug-likeness (QED) is 0.123. The third kappa shape index (κ3) is 13.6. The highest BCUT2D eigenvalue weighted by Crippen LogP contribution is 2.39. The van der Waals surface area contributed by atoms with Gasteiger partial charge in [-0.2, -0.15) is 0 Å². The van der Waals surface area contributed by atoms with Crippen LogP contribution in [0, 0.1) is 11.8 Å². The lowest BCUT2D eigenvalue weighted by Crippen LogP contribution is -2.27. The zero-order chi connectivity index (χ0) is 26.1. The third-order valence-electron chi connectivity index (χ3n) is 6.40. The standard InChI is InChI=1S/C28H50O7/c1-6-9-12-15-23(34-21(4)32-7-2)18-19-25-24(16-13-10-11-14-17-28(30)31)26(29)20-27(25)35-22(5)33-8-3/h10,13,18-19,21-27,29H,6-9,11-12,14-17,20H2,1-5H3,(H,30,31)/b13-10-,19-18+/t21-,22-,23+,24-,25-,26+,27-/m1/s1. The van der Waals surface area contributed by atoms with Gasteiger partial charge in [0, 0.05) is 32.0 Å². The first kappa shape index (κ1) is 31.8. The van der Waals surface area contributed by atoms with Gasteiger partial charge in [-0.15, -0.1) is 0 Å². The number of hydrogen-bond acceptors (Lipinski definition) is 6. The van der Waals surface area contributed by atoms with Crippen LogP contribution in [0.25, 0.3) is 0 Å². The summed E-state index contributed by atoms with van der Waals surface area (Å²) in [6.45, 7) is 11.1. The minimum Gasteiger partial charge on any atom is -0.481 e. The van der Waals surface area contributed by atoms with Crippen molar-refractivity contribution in [2.75, 3.05) is 13.2 Å². The minimum atomic E-state index is -0.771. The molecule has 0 unspecified atom stereocenters. The molecule has 7 atom stereocenters. The Hall–Kier alpha value is -1.25. The number of carboxylic acid groups (broad SMARTS) is 1. The molecule has 0 aliphatic heterocycles. The summed E-state index contributed by atoms with van der Waals surface area (Å²) in [7, 11) is 0. The lowest BCUT2D eigenvalue weighted by Gasteiger charge is -2.26. The number of aliphatic hydroxyl groups is 1. The summed E-state index contributed by atoms with van der Waals surface area (Å²) in [5.74, 6) is -0.731. The minimum absolute atomic E-state index is 0.0152. The molecule has 1 saturated carbocycles. The van der Waals surface area contributed by atoms with E-state index in [9.17, 15) is 9.90 Å². The Morgan fingerprint density at radius 3 is 2.40 bits per heavy atom. The molecule has 35 heavy (non-hydrogen) atoms. The van der Waals surface area contributed by atoms with Crippen LogP contribution in [0.2, 0.25) is 0 Å². The third-order valence-corrected chi connectivity index (χ3v) is 6.40. The van der Waals surface area contributed by atoms with E-state index in [0.717, 1.165) is 32.1 Å². The molecule has 0 bridgehead atoms. The van der Waals surface area contributed by atoms with Crippen LogP contribution >= 0.6 is 0 Å². The van der Waals surface area contributed by atoms with Gasteiger partial charge in [-0.25, -0.2) is 0 Å². The van der Waals surface area contributed by atoms with Crippen LogP contribution in [0.4, 0.5) is 0 Å². The molecule has 0 aromatic heterocycles. The highest BCUT2D eigenvalue weighted by atomic mass is 16.7. The van der Waals surface area contributed by atoms with Crippen molar-refractivity contribution in [2.45, 2.75) is 123 Å². The molecule has 2 N–H and O–H groups in total. The lowest BCUT2D eigenvalue weighted by atomic mass is 9.89. The molecule has 0 aromatic rings. The molecule has 1 aliphatic carbocycles. The molecule has 1 rings (SSSR count). The molecule has 0 radical (unpaired) electrons. The molecule has 0 amide bonds. The molecule has 7 heteroatoms. The van der Waals surface area contributed by atoms with Crippen molar-refractivity contribution < 1.29 is 34.0 Å². The topological polar surface area (TPSA) is 94.5 Å². The summed E-state index contributed by atoms with van der Waals surface area (Å²) in [6, 6.07) is 0. The van der Waals surface area contributed by atoms with Crippen molar-refractivity contribution in [1.82, 2.24) is 0 Å². The average Bonchev–Trinajstić information content (AvgIpc) is 3.08. The first-order valence-corrected chi connectivity index (χ1v) is 13.6. The normalized spacial score (nSPS) is 25.4. The monoisotopic (exact) mass is 498 g/mol. The van der Waals surface area contributed by atoms with E-state index in [1.54, 1.807) is 0 Å². The molecule has 0 heterocycles. The van der Waals surface area contributed by atoms with Crippen LogP contribution in [0.5, 0.6) is 0 Å². The average molecular weight is 499 g/mol. The van der Waals surface area contributed by atoms with Gasteiger partial charge in [0.1, 0.15) is 0 Å². The molecule has 1 aliphatic rings. The Labute approximate surface area is 212 Å². The predicted molar refractivity (Wildman–Crippen MR) is 138 cm³/mol. The van der Waals surface area contributed by atoms with Gasteiger partial charge >= 0.3 is 5.97 Å². The van der Waals surface area contributed by atoms with E-state index in [1.165, 1.54) is 0 Å². The van der Waals surface area contributed by atoms with Crippen molar-refractivity contribution in [3.63, 3.8) is 0 Å². The van der Waals surface area contributed by atoms with Crippen molar-refractivity contribution in [3.8, 4) is 0 Å². The predicted octanol–water partition coefficient (Wildman–Crippen LogP) is 5.86. The first-order valence-electron chi connectivity index (χ1n) is 13.6. The maximum atomic E-state index is 10.9. The van der Waals surface area contributed by atoms with Gasteiger partial charge in [-0.05, 0) is 59.3 Å². The number of aliphatic hydroxyl groups excluding tert-OH is 1. The summed E-state index contributed by atoms with van der Waals surface area (Å²) in [5, 5.41) is 19.7. The van der Waals surface area contributed by atoms with Crippen LogP contribution in [0.15, 0.2) is 24.3 Å². The maximum Gasteiger partial charge on any atom is 0.303 e. The summed E-state index contributed by atoms with van der Waals surface area (Å²) < 4.78 is 23.6. The zero-order valence-electron chi connectivity index (χ0n) is 22.6. The van der Waals surface area contributed by atoms with E-state index >= 15 is 0 Å². The first-order chi connectivity index (χ1) is 16.8. The van der Waals surface area contributed by atoms with Crippen molar-refractivity contribution in [3.05, 3.63) is 24.3 Å². The molecular weight excluding hydrogens is 448 g/mol. The molecule has 1 fully saturated rings. The maximum absolute atomic E-state index is 10.9. The molecule has 204 valence electrons. The van der Waals surface area contributed by atoms with E-state index in [2.05, 4.69) is 25.2 Å². The van der Waals surface area contributed by atoms with Gasteiger partial charge in [-0.3, -0.25) is 4.79 Å². The van der Waals surface area contributed by atoms with Crippen LogP contribution < -0.4 is 0 Å². The Morgan fingerprint density at radius 2 is 1.74 bits per heavy atom. The summed E-state index contributed by atoms with van der Waals surface area (Å²) in [6.07, 6.45) is 14.2. The second-order valence-electron chi connectivity index (χ2n) is 9.31. The lowest BCUT2D eigenvalue weighted by molar-refractivity contribution is -0.163. The molecule has 0 saturated heterocycles. The van der Waals surface area contributed by atoms with Crippen LogP contribution in [-0.4, -0.2) is 60.3 Å². The number of ether oxygens (including phenoxy) is 4. The number of unbranched alkanes of at least 4 members (excludes halogenated alkanes) is 3. The molecule has 7 nitrogen and oxygen atoms in total. The second-order valence-corrected chi connectivity index (χ2v) is 9.31. The van der Waals surface area contributed by atoms with E-state index in [4.69, 9.17) is 24.1 Å². The van der Waals surface area contributed by atoms with E-state index in [-0.39, 0.29) is 43.0 Å². The van der Waals surface area contributed by atoms with Gasteiger partial charge in [-0.1, -0.05) is 50.5 Å². The fraction of sp³-hybridized carbons (Fsp3) is 0.821. The molecule has 0 aromatic carbocycles. The van der Waals surface area contributed by atoms with Crippen LogP contribution in [-0.2, 0) is 23.7 Å². The Bertz CT molecular complexity index is 606. The van der Waals surface area contributed by atoms with Gasteiger partial charge in [0.25, 0.3) is 0 Å². The summed E-state index contributed by atoms with van der Waals surface area (Å²) >= 11 is 0. The number of aliphatic carboxylic acids is 1. The van der Waals surface area contributed by atoms with Crippen molar-refractivity contribution in [1.29, 1.82) is 0 Å². The molecular formula is C28H50O7. The van der Waals surface area contributed by atoms with Crippen LogP contribution in [0.3, 0.4) is 0 Å². The van der Waals surface area contributed by atoms with Gasteiger partial charge in [0.2, 0.25) is 0 Å². The largest absolute Gasteiger partial charge is 0.481 e. The van der Waals surface area contributed by atoms with E-state index < -0.39 is 12.1 Å². The Balaban J connectivity index is 2.94. The van der Waals surface area contributed by atoms with E-state index in [0.29, 0.717) is 32.5 Å². The van der Waals surface area contributed by atoms with Crippen molar-refractivity contribution in [2.24, 2.45) is 11.8 Å². The van der Waals surface area contributed by atoms with Gasteiger partial charge in [0.05, 0.1) is 18.3 Å². The smallest absolute Gasteiger partial charge is 0.303 e.